The molecule has 0 aromatic heterocycles. The highest BCUT2D eigenvalue weighted by Crippen LogP contribution is 2.31. The molecule has 2 aromatic rings. The lowest BCUT2D eigenvalue weighted by atomic mass is 9.91. The lowest BCUT2D eigenvalue weighted by Gasteiger charge is -2.22. The van der Waals surface area contributed by atoms with Gasteiger partial charge in [-0.25, -0.2) is 22.0 Å². The Bertz CT molecular complexity index is 1060. The molecule has 0 bridgehead atoms. The lowest BCUT2D eigenvalue weighted by Crippen LogP contribution is -2.42. The van der Waals surface area contributed by atoms with Crippen LogP contribution >= 0.6 is 15.9 Å². The first-order valence-corrected chi connectivity index (χ1v) is 10.6. The van der Waals surface area contributed by atoms with Crippen molar-refractivity contribution in [3.05, 3.63) is 64.1 Å². The summed E-state index contributed by atoms with van der Waals surface area (Å²) in [5.74, 6) is -2.99. The normalized spacial score (nSPS) is 19.8. The van der Waals surface area contributed by atoms with Crippen molar-refractivity contribution in [1.82, 2.24) is 10.2 Å². The zero-order chi connectivity index (χ0) is 20.7. The van der Waals surface area contributed by atoms with Crippen LogP contribution in [0.3, 0.4) is 0 Å². The van der Waals surface area contributed by atoms with Crippen LogP contribution in [0.4, 0.5) is 13.6 Å². The van der Waals surface area contributed by atoms with E-state index >= 15 is 0 Å². The largest absolute Gasteiger partial charge is 0.325 e. The molecule has 1 aliphatic heterocycles. The molecule has 1 aliphatic rings. The average molecular weight is 473 g/mol. The number of benzene rings is 2. The Morgan fingerprint density at radius 2 is 1.75 bits per heavy atom. The minimum atomic E-state index is -3.76. The predicted molar refractivity (Wildman–Crippen MR) is 100 cm³/mol. The van der Waals surface area contributed by atoms with Crippen LogP contribution in [0, 0.1) is 11.6 Å². The summed E-state index contributed by atoms with van der Waals surface area (Å²) in [4.78, 5) is 25.7. The van der Waals surface area contributed by atoms with E-state index in [4.69, 9.17) is 0 Å². The number of sulfone groups is 1. The Kier molecular flexibility index (Phi) is 5.28. The summed E-state index contributed by atoms with van der Waals surface area (Å²) < 4.78 is 53.3. The van der Waals surface area contributed by atoms with Crippen LogP contribution < -0.4 is 5.32 Å². The summed E-state index contributed by atoms with van der Waals surface area (Å²) >= 11 is 3.21. The molecule has 2 aromatic carbocycles. The summed E-state index contributed by atoms with van der Waals surface area (Å²) in [5.41, 5.74) is -2.16. The topological polar surface area (TPSA) is 83.6 Å². The second-order valence-electron chi connectivity index (χ2n) is 6.41. The molecule has 148 valence electrons. The van der Waals surface area contributed by atoms with Gasteiger partial charge in [-0.15, -0.1) is 0 Å². The molecular weight excluding hydrogens is 458 g/mol. The van der Waals surface area contributed by atoms with Gasteiger partial charge in [-0.2, -0.15) is 0 Å². The number of halogens is 3. The summed E-state index contributed by atoms with van der Waals surface area (Å²) in [5, 5.41) is 2.33. The number of rotatable bonds is 5. The van der Waals surface area contributed by atoms with Crippen molar-refractivity contribution >= 4 is 37.7 Å². The SMILES string of the molecule is CC1(c2cc(F)ccc2F)NC(=O)N(CCS(=O)(=O)c2ccc(Br)cc2)C1=O. The second kappa shape index (κ2) is 7.25. The molecule has 1 atom stereocenters. The zero-order valence-electron chi connectivity index (χ0n) is 14.6. The number of imide groups is 1. The highest BCUT2D eigenvalue weighted by Gasteiger charge is 2.50. The van der Waals surface area contributed by atoms with E-state index in [1.165, 1.54) is 19.1 Å². The quantitative estimate of drug-likeness (QED) is 0.678. The Hall–Kier alpha value is -2.33. The molecule has 3 amide bonds. The lowest BCUT2D eigenvalue weighted by molar-refractivity contribution is -0.131. The van der Waals surface area contributed by atoms with Gasteiger partial charge in [0.25, 0.3) is 5.91 Å². The van der Waals surface area contributed by atoms with Crippen LogP contribution in [-0.2, 0) is 20.2 Å². The number of hydrogen-bond donors (Lipinski definition) is 1. The minimum absolute atomic E-state index is 0.0432. The van der Waals surface area contributed by atoms with E-state index < -0.39 is 51.2 Å². The van der Waals surface area contributed by atoms with Gasteiger partial charge >= 0.3 is 6.03 Å². The van der Waals surface area contributed by atoms with Crippen LogP contribution in [0.2, 0.25) is 0 Å². The predicted octanol–water partition coefficient (Wildman–Crippen LogP) is 2.97. The van der Waals surface area contributed by atoms with Gasteiger partial charge in [-0.1, -0.05) is 15.9 Å². The van der Waals surface area contributed by atoms with Gasteiger partial charge in [0.05, 0.1) is 10.6 Å². The number of hydrogen-bond acceptors (Lipinski definition) is 4. The molecule has 0 aliphatic carbocycles. The maximum absolute atomic E-state index is 14.1. The summed E-state index contributed by atoms with van der Waals surface area (Å²) in [6.07, 6.45) is 0. The van der Waals surface area contributed by atoms with Gasteiger partial charge in [0.2, 0.25) is 0 Å². The number of nitrogens with one attached hydrogen (secondary N) is 1. The molecule has 1 fully saturated rings. The first-order valence-electron chi connectivity index (χ1n) is 8.12. The molecule has 6 nitrogen and oxygen atoms in total. The minimum Gasteiger partial charge on any atom is -0.319 e. The number of amides is 3. The van der Waals surface area contributed by atoms with Gasteiger partial charge in [-0.3, -0.25) is 9.69 Å². The van der Waals surface area contributed by atoms with Crippen molar-refractivity contribution < 1.29 is 26.8 Å². The van der Waals surface area contributed by atoms with E-state index in [0.717, 1.165) is 18.2 Å². The van der Waals surface area contributed by atoms with Gasteiger partial charge in [0.1, 0.15) is 17.2 Å². The van der Waals surface area contributed by atoms with Crippen molar-refractivity contribution in [2.24, 2.45) is 0 Å². The maximum Gasteiger partial charge on any atom is 0.325 e. The van der Waals surface area contributed by atoms with Crippen molar-refractivity contribution in [3.8, 4) is 0 Å². The Morgan fingerprint density at radius 3 is 2.39 bits per heavy atom. The fourth-order valence-corrected chi connectivity index (χ4v) is 4.41. The maximum atomic E-state index is 14.1. The van der Waals surface area contributed by atoms with E-state index in [-0.39, 0.29) is 10.5 Å². The molecule has 3 rings (SSSR count). The zero-order valence-corrected chi connectivity index (χ0v) is 17.0. The van der Waals surface area contributed by atoms with Crippen LogP contribution in [0.1, 0.15) is 12.5 Å². The van der Waals surface area contributed by atoms with E-state index in [0.29, 0.717) is 9.37 Å². The van der Waals surface area contributed by atoms with Crippen molar-refractivity contribution in [3.63, 3.8) is 0 Å². The Morgan fingerprint density at radius 1 is 1.11 bits per heavy atom. The van der Waals surface area contributed by atoms with Crippen molar-refractivity contribution in [1.29, 1.82) is 0 Å². The molecule has 0 radical (unpaired) electrons. The molecule has 10 heteroatoms. The third-order valence-corrected chi connectivity index (χ3v) is 6.74. The van der Waals surface area contributed by atoms with Gasteiger partial charge in [-0.05, 0) is 49.4 Å². The number of carbonyl (C=O) groups excluding carboxylic acids is 2. The van der Waals surface area contributed by atoms with Gasteiger partial charge in [0.15, 0.2) is 9.84 Å². The molecule has 1 saturated heterocycles. The molecule has 0 saturated carbocycles. The van der Waals surface area contributed by atoms with Crippen LogP contribution in [0.25, 0.3) is 0 Å². The third kappa shape index (κ3) is 3.66. The molecule has 0 spiro atoms. The Balaban J connectivity index is 1.82. The smallest absolute Gasteiger partial charge is 0.319 e. The van der Waals surface area contributed by atoms with Crippen LogP contribution in [-0.4, -0.2) is 37.6 Å². The monoisotopic (exact) mass is 472 g/mol. The van der Waals surface area contributed by atoms with E-state index in [1.54, 1.807) is 12.1 Å². The summed E-state index contributed by atoms with van der Waals surface area (Å²) in [6.45, 7) is 0.823. The first-order chi connectivity index (χ1) is 13.0. The summed E-state index contributed by atoms with van der Waals surface area (Å²) in [7, 11) is -3.76. The van der Waals surface area contributed by atoms with E-state index in [2.05, 4.69) is 21.2 Å². The molecule has 1 heterocycles. The summed E-state index contributed by atoms with van der Waals surface area (Å²) in [6, 6.07) is 7.63. The molecule has 1 N–H and O–H groups in total. The van der Waals surface area contributed by atoms with Gasteiger partial charge in [0, 0.05) is 16.6 Å². The third-order valence-electron chi connectivity index (χ3n) is 4.50. The van der Waals surface area contributed by atoms with Crippen molar-refractivity contribution in [2.75, 3.05) is 12.3 Å². The highest BCUT2D eigenvalue weighted by molar-refractivity contribution is 9.10. The number of carbonyl (C=O) groups is 2. The molecule has 1 unspecified atom stereocenters. The Labute approximate surface area is 168 Å². The van der Waals surface area contributed by atoms with Gasteiger partial charge < -0.3 is 5.32 Å². The highest BCUT2D eigenvalue weighted by atomic mass is 79.9. The molecular formula is C18H15BrF2N2O4S. The standard InChI is InChI=1S/C18H15BrF2N2O4S/c1-18(14-10-12(20)4-7-15(14)21)16(24)23(17(25)22-18)8-9-28(26,27)13-5-2-11(19)3-6-13/h2-7,10H,8-9H2,1H3,(H,22,25). The molecule has 28 heavy (non-hydrogen) atoms. The van der Waals surface area contributed by atoms with E-state index in [9.17, 15) is 26.8 Å². The fraction of sp³-hybridized carbons (Fsp3) is 0.222. The number of urea groups is 1. The van der Waals surface area contributed by atoms with E-state index in [1.807, 2.05) is 0 Å². The average Bonchev–Trinajstić information content (AvgIpc) is 2.85. The fourth-order valence-electron chi connectivity index (χ4n) is 2.93. The first kappa shape index (κ1) is 20.4. The van der Waals surface area contributed by atoms with Crippen molar-refractivity contribution in [2.45, 2.75) is 17.4 Å². The van der Waals surface area contributed by atoms with Crippen LogP contribution in [0.15, 0.2) is 51.8 Å². The second-order valence-corrected chi connectivity index (χ2v) is 9.43. The van der Waals surface area contributed by atoms with Crippen LogP contribution in [0.5, 0.6) is 0 Å². The number of nitrogens with zero attached hydrogens (tertiary/aromatic N) is 1.